The van der Waals surface area contributed by atoms with Crippen LogP contribution in [0.25, 0.3) is 23.0 Å². The summed E-state index contributed by atoms with van der Waals surface area (Å²) in [6.07, 6.45) is 4.51. The van der Waals surface area contributed by atoms with Crippen LogP contribution in [0.3, 0.4) is 0 Å². The Morgan fingerprint density at radius 3 is 2.59 bits per heavy atom. The number of benzene rings is 2. The molecule has 0 amide bonds. The maximum Gasteiger partial charge on any atom is 0.330 e. The molecule has 7 heteroatoms. The second-order valence-corrected chi connectivity index (χ2v) is 5.96. The van der Waals surface area contributed by atoms with E-state index in [1.54, 1.807) is 55.6 Å². The first-order valence-corrected chi connectivity index (χ1v) is 8.99. The summed E-state index contributed by atoms with van der Waals surface area (Å²) in [7, 11) is 3.07. The standard InChI is InChI=1S/C22H21FN2O4/c1-4-29-22(26)10-9-15-13-16(21(28-3)14-20(15)27-2)18-11-12-24-25(18)19-8-6-5-7-17(19)23/h5-14H,4H2,1-3H3/b10-9+. The van der Waals surface area contributed by atoms with E-state index in [2.05, 4.69) is 5.10 Å². The van der Waals surface area contributed by atoms with Crippen molar-refractivity contribution in [2.24, 2.45) is 0 Å². The van der Waals surface area contributed by atoms with Gasteiger partial charge in [0.05, 0.1) is 32.7 Å². The zero-order chi connectivity index (χ0) is 20.8. The van der Waals surface area contributed by atoms with Gasteiger partial charge in [0.1, 0.15) is 23.0 Å². The van der Waals surface area contributed by atoms with E-state index in [0.29, 0.717) is 34.0 Å². The highest BCUT2D eigenvalue weighted by molar-refractivity contribution is 5.88. The van der Waals surface area contributed by atoms with Crippen molar-refractivity contribution in [1.29, 1.82) is 0 Å². The van der Waals surface area contributed by atoms with Crippen LogP contribution in [0.1, 0.15) is 12.5 Å². The Balaban J connectivity index is 2.13. The number of para-hydroxylation sites is 1. The van der Waals surface area contributed by atoms with Gasteiger partial charge in [0.2, 0.25) is 0 Å². The van der Waals surface area contributed by atoms with Crippen LogP contribution >= 0.6 is 0 Å². The van der Waals surface area contributed by atoms with Crippen molar-refractivity contribution < 1.29 is 23.4 Å². The number of aromatic nitrogens is 2. The first-order chi connectivity index (χ1) is 14.1. The molecule has 0 radical (unpaired) electrons. The molecular weight excluding hydrogens is 375 g/mol. The summed E-state index contributed by atoms with van der Waals surface area (Å²) in [6.45, 7) is 2.03. The number of carbonyl (C=O) groups is 1. The van der Waals surface area contributed by atoms with Crippen LogP contribution in [0, 0.1) is 5.82 Å². The number of hydrogen-bond donors (Lipinski definition) is 0. The van der Waals surface area contributed by atoms with Crippen LogP contribution < -0.4 is 9.47 Å². The number of halogens is 1. The van der Waals surface area contributed by atoms with Crippen molar-refractivity contribution in [3.05, 3.63) is 66.1 Å². The summed E-state index contributed by atoms with van der Waals surface area (Å²) < 4.78 is 31.7. The lowest BCUT2D eigenvalue weighted by molar-refractivity contribution is -0.137. The van der Waals surface area contributed by atoms with Crippen molar-refractivity contribution in [2.75, 3.05) is 20.8 Å². The van der Waals surface area contributed by atoms with E-state index >= 15 is 0 Å². The number of hydrogen-bond acceptors (Lipinski definition) is 5. The van der Waals surface area contributed by atoms with Crippen molar-refractivity contribution in [2.45, 2.75) is 6.92 Å². The Morgan fingerprint density at radius 2 is 1.90 bits per heavy atom. The van der Waals surface area contributed by atoms with Crippen LogP contribution in [0.5, 0.6) is 11.5 Å². The molecule has 6 nitrogen and oxygen atoms in total. The van der Waals surface area contributed by atoms with Gasteiger partial charge in [-0.1, -0.05) is 12.1 Å². The van der Waals surface area contributed by atoms with Crippen LogP contribution in [0.15, 0.2) is 54.7 Å². The highest BCUT2D eigenvalue weighted by Gasteiger charge is 2.17. The van der Waals surface area contributed by atoms with Crippen molar-refractivity contribution in [3.63, 3.8) is 0 Å². The van der Waals surface area contributed by atoms with Crippen molar-refractivity contribution in [1.82, 2.24) is 9.78 Å². The molecule has 29 heavy (non-hydrogen) atoms. The molecule has 0 fully saturated rings. The third-order valence-corrected chi connectivity index (χ3v) is 4.24. The second-order valence-electron chi connectivity index (χ2n) is 5.96. The van der Waals surface area contributed by atoms with Crippen LogP contribution in [-0.2, 0) is 9.53 Å². The lowest BCUT2D eigenvalue weighted by Gasteiger charge is -2.15. The fourth-order valence-electron chi connectivity index (χ4n) is 2.92. The smallest absolute Gasteiger partial charge is 0.330 e. The lowest BCUT2D eigenvalue weighted by atomic mass is 10.0. The number of ether oxygens (including phenoxy) is 3. The van der Waals surface area contributed by atoms with Crippen molar-refractivity contribution in [3.8, 4) is 28.4 Å². The number of methoxy groups -OCH3 is 2. The van der Waals surface area contributed by atoms with Crippen LogP contribution in [-0.4, -0.2) is 36.6 Å². The molecule has 0 aliphatic rings. The zero-order valence-electron chi connectivity index (χ0n) is 16.4. The number of carbonyl (C=O) groups excluding carboxylic acids is 1. The normalized spacial score (nSPS) is 10.9. The fraction of sp³-hybridized carbons (Fsp3) is 0.182. The molecule has 0 spiro atoms. The number of esters is 1. The first-order valence-electron chi connectivity index (χ1n) is 8.99. The minimum Gasteiger partial charge on any atom is -0.496 e. The minimum atomic E-state index is -0.455. The lowest BCUT2D eigenvalue weighted by Crippen LogP contribution is -2.03. The molecule has 1 heterocycles. The molecule has 0 saturated heterocycles. The third kappa shape index (κ3) is 4.29. The van der Waals surface area contributed by atoms with Crippen LogP contribution in [0.4, 0.5) is 4.39 Å². The fourth-order valence-corrected chi connectivity index (χ4v) is 2.92. The summed E-state index contributed by atoms with van der Waals surface area (Å²) in [4.78, 5) is 11.7. The van der Waals surface area contributed by atoms with Crippen molar-refractivity contribution >= 4 is 12.0 Å². The van der Waals surface area contributed by atoms with Gasteiger partial charge >= 0.3 is 5.97 Å². The monoisotopic (exact) mass is 396 g/mol. The van der Waals surface area contributed by atoms with Gasteiger partial charge in [0.25, 0.3) is 0 Å². The first kappa shape index (κ1) is 20.1. The topological polar surface area (TPSA) is 62.6 Å². The summed E-state index contributed by atoms with van der Waals surface area (Å²) >= 11 is 0. The Hall–Kier alpha value is -3.61. The molecule has 0 saturated carbocycles. The maximum atomic E-state index is 14.3. The second kappa shape index (κ2) is 9.05. The van der Waals surface area contributed by atoms with Gasteiger partial charge in [-0.2, -0.15) is 5.10 Å². The predicted octanol–water partition coefficient (Wildman–Crippen LogP) is 4.27. The maximum absolute atomic E-state index is 14.3. The molecule has 0 aliphatic heterocycles. The molecule has 3 aromatic rings. The average molecular weight is 396 g/mol. The van der Waals surface area contributed by atoms with Gasteiger partial charge < -0.3 is 14.2 Å². The van der Waals surface area contributed by atoms with E-state index in [9.17, 15) is 9.18 Å². The molecule has 150 valence electrons. The van der Waals surface area contributed by atoms with Crippen LogP contribution in [0.2, 0.25) is 0 Å². The molecule has 1 aromatic heterocycles. The summed E-state index contributed by atoms with van der Waals surface area (Å²) in [6, 6.07) is 11.6. The molecule has 2 aromatic carbocycles. The van der Waals surface area contributed by atoms with Gasteiger partial charge in [-0.15, -0.1) is 0 Å². The van der Waals surface area contributed by atoms with E-state index in [4.69, 9.17) is 14.2 Å². The minimum absolute atomic E-state index is 0.288. The highest BCUT2D eigenvalue weighted by Crippen LogP contribution is 2.37. The highest BCUT2D eigenvalue weighted by atomic mass is 19.1. The quantitative estimate of drug-likeness (QED) is 0.441. The Morgan fingerprint density at radius 1 is 1.14 bits per heavy atom. The molecule has 0 unspecified atom stereocenters. The Bertz CT molecular complexity index is 1040. The summed E-state index contributed by atoms with van der Waals surface area (Å²) in [5.41, 5.74) is 2.24. The van der Waals surface area contributed by atoms with Gasteiger partial charge in [-0.05, 0) is 37.3 Å². The molecule has 0 atom stereocenters. The zero-order valence-corrected chi connectivity index (χ0v) is 16.4. The number of nitrogens with zero attached hydrogens (tertiary/aromatic N) is 2. The number of rotatable bonds is 7. The largest absolute Gasteiger partial charge is 0.496 e. The molecule has 0 N–H and O–H groups in total. The van der Waals surface area contributed by atoms with Gasteiger partial charge in [0.15, 0.2) is 0 Å². The Labute approximate surface area is 168 Å². The average Bonchev–Trinajstić information content (AvgIpc) is 3.21. The van der Waals surface area contributed by atoms with E-state index in [1.165, 1.54) is 31.0 Å². The van der Waals surface area contributed by atoms with Gasteiger partial charge in [0, 0.05) is 23.3 Å². The van der Waals surface area contributed by atoms with Gasteiger partial charge in [-0.25, -0.2) is 13.9 Å². The molecule has 0 bridgehead atoms. The molecule has 3 rings (SSSR count). The molecule has 0 aliphatic carbocycles. The van der Waals surface area contributed by atoms with E-state index in [-0.39, 0.29) is 6.61 Å². The van der Waals surface area contributed by atoms with E-state index < -0.39 is 11.8 Å². The summed E-state index contributed by atoms with van der Waals surface area (Å²) in [5.74, 6) is 0.187. The SMILES string of the molecule is CCOC(=O)/C=C/c1cc(-c2ccnn2-c2ccccc2F)c(OC)cc1OC. The predicted molar refractivity (Wildman–Crippen MR) is 108 cm³/mol. The summed E-state index contributed by atoms with van der Waals surface area (Å²) in [5, 5.41) is 4.27. The van der Waals surface area contributed by atoms with Gasteiger partial charge in [-0.3, -0.25) is 0 Å². The van der Waals surface area contributed by atoms with E-state index in [0.717, 1.165) is 0 Å². The molecular formula is C22H21FN2O4. The third-order valence-electron chi connectivity index (χ3n) is 4.24. The Kier molecular flexibility index (Phi) is 6.29. The van der Waals surface area contributed by atoms with E-state index in [1.807, 2.05) is 0 Å².